The van der Waals surface area contributed by atoms with Crippen LogP contribution in [0.5, 0.6) is 0 Å². The van der Waals surface area contributed by atoms with Crippen molar-refractivity contribution in [3.63, 3.8) is 0 Å². The highest BCUT2D eigenvalue weighted by molar-refractivity contribution is 5.37. The molecule has 2 rings (SSSR count). The molecule has 1 aromatic heterocycles. The molecule has 1 unspecified atom stereocenters. The SMILES string of the molecule is CCCNc1cc(CN2CCCC(C(F)(F)F)C2)ccn1. The third kappa shape index (κ3) is 4.88. The van der Waals surface area contributed by atoms with Gasteiger partial charge < -0.3 is 5.32 Å². The normalized spacial score (nSPS) is 20.5. The Hall–Kier alpha value is -1.30. The van der Waals surface area contributed by atoms with Gasteiger partial charge in [0.25, 0.3) is 0 Å². The number of alkyl halides is 3. The van der Waals surface area contributed by atoms with Crippen LogP contribution in [0.1, 0.15) is 31.7 Å². The fraction of sp³-hybridized carbons (Fsp3) is 0.667. The van der Waals surface area contributed by atoms with Crippen molar-refractivity contribution >= 4 is 5.82 Å². The zero-order valence-corrected chi connectivity index (χ0v) is 12.3. The first-order valence-electron chi connectivity index (χ1n) is 7.47. The fourth-order valence-corrected chi connectivity index (χ4v) is 2.65. The molecule has 118 valence electrons. The molecule has 6 heteroatoms. The summed E-state index contributed by atoms with van der Waals surface area (Å²) in [6, 6.07) is 3.79. The lowest BCUT2D eigenvalue weighted by molar-refractivity contribution is -0.187. The van der Waals surface area contributed by atoms with Crippen molar-refractivity contribution in [2.75, 3.05) is 25.0 Å². The minimum atomic E-state index is -4.08. The Morgan fingerprint density at radius 1 is 1.43 bits per heavy atom. The molecule has 0 amide bonds. The second-order valence-electron chi connectivity index (χ2n) is 5.59. The number of pyridine rings is 1. The van der Waals surface area contributed by atoms with Gasteiger partial charge in [-0.05, 0) is 43.5 Å². The quantitative estimate of drug-likeness (QED) is 0.899. The lowest BCUT2D eigenvalue weighted by Crippen LogP contribution is -2.41. The average molecular weight is 301 g/mol. The van der Waals surface area contributed by atoms with Crippen LogP contribution >= 0.6 is 0 Å². The van der Waals surface area contributed by atoms with Crippen molar-refractivity contribution in [1.82, 2.24) is 9.88 Å². The number of anilines is 1. The van der Waals surface area contributed by atoms with E-state index in [1.54, 1.807) is 6.20 Å². The number of likely N-dealkylation sites (tertiary alicyclic amines) is 1. The van der Waals surface area contributed by atoms with Gasteiger partial charge in [0.2, 0.25) is 0 Å². The standard InChI is InChI=1S/C15H22F3N3/c1-2-6-19-14-9-12(5-7-20-14)10-21-8-3-4-13(11-21)15(16,17)18/h5,7,9,13H,2-4,6,8,10-11H2,1H3,(H,19,20). The zero-order valence-electron chi connectivity index (χ0n) is 12.3. The molecule has 0 aromatic carbocycles. The summed E-state index contributed by atoms with van der Waals surface area (Å²) in [4.78, 5) is 6.10. The molecule has 1 aliphatic heterocycles. The van der Waals surface area contributed by atoms with E-state index in [4.69, 9.17) is 0 Å². The van der Waals surface area contributed by atoms with E-state index in [0.29, 0.717) is 13.0 Å². The van der Waals surface area contributed by atoms with Gasteiger partial charge in [-0.1, -0.05) is 6.92 Å². The Balaban J connectivity index is 1.94. The minimum absolute atomic E-state index is 0.101. The van der Waals surface area contributed by atoms with Crippen molar-refractivity contribution < 1.29 is 13.2 Å². The maximum Gasteiger partial charge on any atom is 0.393 e. The van der Waals surface area contributed by atoms with Crippen LogP contribution in [0.2, 0.25) is 0 Å². The molecule has 3 nitrogen and oxygen atoms in total. The molecule has 21 heavy (non-hydrogen) atoms. The number of nitrogens with one attached hydrogen (secondary N) is 1. The van der Waals surface area contributed by atoms with Gasteiger partial charge in [0, 0.05) is 25.8 Å². The summed E-state index contributed by atoms with van der Waals surface area (Å²) in [6.45, 7) is 4.30. The molecule has 1 aromatic rings. The van der Waals surface area contributed by atoms with Gasteiger partial charge in [-0.25, -0.2) is 4.98 Å². The van der Waals surface area contributed by atoms with Gasteiger partial charge in [-0.3, -0.25) is 4.90 Å². The predicted molar refractivity (Wildman–Crippen MR) is 77.1 cm³/mol. The van der Waals surface area contributed by atoms with E-state index in [2.05, 4.69) is 17.2 Å². The van der Waals surface area contributed by atoms with E-state index in [9.17, 15) is 13.2 Å². The smallest absolute Gasteiger partial charge is 0.370 e. The van der Waals surface area contributed by atoms with E-state index < -0.39 is 12.1 Å². The third-order valence-electron chi connectivity index (χ3n) is 3.76. The lowest BCUT2D eigenvalue weighted by Gasteiger charge is -2.33. The predicted octanol–water partition coefficient (Wildman–Crippen LogP) is 3.68. The van der Waals surface area contributed by atoms with Gasteiger partial charge in [0.15, 0.2) is 0 Å². The van der Waals surface area contributed by atoms with Gasteiger partial charge >= 0.3 is 6.18 Å². The lowest BCUT2D eigenvalue weighted by atomic mass is 9.97. The molecule has 0 saturated carbocycles. The minimum Gasteiger partial charge on any atom is -0.370 e. The first-order valence-corrected chi connectivity index (χ1v) is 7.47. The molecule has 0 radical (unpaired) electrons. The van der Waals surface area contributed by atoms with Gasteiger partial charge in [-0.15, -0.1) is 0 Å². The molecule has 0 bridgehead atoms. The molecule has 1 aliphatic rings. The Morgan fingerprint density at radius 2 is 2.24 bits per heavy atom. The monoisotopic (exact) mass is 301 g/mol. The summed E-state index contributed by atoms with van der Waals surface area (Å²) >= 11 is 0. The fourth-order valence-electron chi connectivity index (χ4n) is 2.65. The van der Waals surface area contributed by atoms with Crippen LogP contribution in [-0.2, 0) is 6.54 Å². The molecular weight excluding hydrogens is 279 g/mol. The van der Waals surface area contributed by atoms with Crippen LogP contribution in [0.4, 0.5) is 19.0 Å². The summed E-state index contributed by atoms with van der Waals surface area (Å²) in [6.07, 6.45) is -0.510. The van der Waals surface area contributed by atoms with Crippen LogP contribution in [-0.4, -0.2) is 35.7 Å². The van der Waals surface area contributed by atoms with Crippen molar-refractivity contribution in [3.05, 3.63) is 23.9 Å². The molecule has 1 atom stereocenters. The summed E-state index contributed by atoms with van der Waals surface area (Å²) in [7, 11) is 0. The van der Waals surface area contributed by atoms with Crippen LogP contribution in [0, 0.1) is 5.92 Å². The Bertz CT molecular complexity index is 448. The van der Waals surface area contributed by atoms with Crippen molar-refractivity contribution in [2.24, 2.45) is 5.92 Å². The second-order valence-corrected chi connectivity index (χ2v) is 5.59. The topological polar surface area (TPSA) is 28.2 Å². The van der Waals surface area contributed by atoms with E-state index in [1.807, 2.05) is 17.0 Å². The summed E-state index contributed by atoms with van der Waals surface area (Å²) in [5.74, 6) is -0.399. The molecular formula is C15H22F3N3. The number of aromatic nitrogens is 1. The number of hydrogen-bond donors (Lipinski definition) is 1. The third-order valence-corrected chi connectivity index (χ3v) is 3.76. The largest absolute Gasteiger partial charge is 0.393 e. The Labute approximate surface area is 123 Å². The molecule has 0 spiro atoms. The second kappa shape index (κ2) is 7.11. The van der Waals surface area contributed by atoms with Crippen LogP contribution < -0.4 is 5.32 Å². The summed E-state index contributed by atoms with van der Waals surface area (Å²) in [5.41, 5.74) is 1.01. The number of piperidine rings is 1. The highest BCUT2D eigenvalue weighted by Gasteiger charge is 2.41. The molecule has 1 N–H and O–H groups in total. The zero-order chi connectivity index (χ0) is 15.3. The van der Waals surface area contributed by atoms with Crippen LogP contribution in [0.25, 0.3) is 0 Å². The summed E-state index contributed by atoms with van der Waals surface area (Å²) < 4.78 is 38.4. The van der Waals surface area contributed by atoms with Crippen molar-refractivity contribution in [1.29, 1.82) is 0 Å². The number of hydrogen-bond acceptors (Lipinski definition) is 3. The van der Waals surface area contributed by atoms with E-state index in [0.717, 1.165) is 30.9 Å². The van der Waals surface area contributed by atoms with Gasteiger partial charge in [0.05, 0.1) is 5.92 Å². The molecule has 2 heterocycles. The number of halogens is 3. The van der Waals surface area contributed by atoms with Gasteiger partial charge in [0.1, 0.15) is 5.82 Å². The van der Waals surface area contributed by atoms with E-state index in [1.165, 1.54) is 0 Å². The van der Waals surface area contributed by atoms with E-state index >= 15 is 0 Å². The summed E-state index contributed by atoms with van der Waals surface area (Å²) in [5, 5.41) is 3.20. The van der Waals surface area contributed by atoms with Crippen molar-refractivity contribution in [3.8, 4) is 0 Å². The molecule has 1 fully saturated rings. The van der Waals surface area contributed by atoms with Crippen molar-refractivity contribution in [2.45, 2.75) is 38.9 Å². The number of nitrogens with zero attached hydrogens (tertiary/aromatic N) is 2. The molecule has 0 aliphatic carbocycles. The Kier molecular flexibility index (Phi) is 5.45. The Morgan fingerprint density at radius 3 is 2.95 bits per heavy atom. The first kappa shape index (κ1) is 16.1. The molecule has 1 saturated heterocycles. The van der Waals surface area contributed by atoms with Crippen LogP contribution in [0.3, 0.4) is 0 Å². The maximum absolute atomic E-state index is 12.8. The number of rotatable bonds is 5. The highest BCUT2D eigenvalue weighted by Crippen LogP contribution is 2.33. The van der Waals surface area contributed by atoms with E-state index in [-0.39, 0.29) is 13.0 Å². The van der Waals surface area contributed by atoms with Gasteiger partial charge in [-0.2, -0.15) is 13.2 Å². The van der Waals surface area contributed by atoms with Crippen LogP contribution in [0.15, 0.2) is 18.3 Å². The first-order chi connectivity index (χ1) is 9.99. The highest BCUT2D eigenvalue weighted by atomic mass is 19.4. The average Bonchev–Trinajstić information content (AvgIpc) is 2.45. The maximum atomic E-state index is 12.8.